The Morgan fingerprint density at radius 1 is 1.00 bits per heavy atom. The van der Waals surface area contributed by atoms with E-state index in [1.165, 1.54) is 57.8 Å². The van der Waals surface area contributed by atoms with E-state index in [2.05, 4.69) is 12.2 Å². The monoisotopic (exact) mass is 237 g/mol. The minimum absolute atomic E-state index is 0.303. The van der Waals surface area contributed by atoms with Crippen LogP contribution in [0.2, 0.25) is 0 Å². The van der Waals surface area contributed by atoms with Gasteiger partial charge in [0.05, 0.1) is 5.60 Å². The third-order valence-corrected chi connectivity index (χ3v) is 5.25. The van der Waals surface area contributed by atoms with E-state index < -0.39 is 0 Å². The van der Waals surface area contributed by atoms with Crippen LogP contribution in [0.3, 0.4) is 0 Å². The third kappa shape index (κ3) is 2.68. The Hall–Kier alpha value is -0.0800. The van der Waals surface area contributed by atoms with Gasteiger partial charge >= 0.3 is 0 Å². The molecule has 2 nitrogen and oxygen atoms in total. The van der Waals surface area contributed by atoms with Gasteiger partial charge in [-0.3, -0.25) is 0 Å². The maximum atomic E-state index is 6.00. The van der Waals surface area contributed by atoms with Crippen molar-refractivity contribution < 1.29 is 4.74 Å². The van der Waals surface area contributed by atoms with Crippen molar-refractivity contribution in [2.75, 3.05) is 6.61 Å². The quantitative estimate of drug-likeness (QED) is 0.796. The molecular formula is C15H27NO. The maximum absolute atomic E-state index is 6.00. The number of hydrogen-bond acceptors (Lipinski definition) is 2. The van der Waals surface area contributed by atoms with Crippen molar-refractivity contribution in [3.63, 3.8) is 0 Å². The molecule has 0 aromatic heterocycles. The van der Waals surface area contributed by atoms with Crippen LogP contribution in [0, 0.1) is 5.92 Å². The van der Waals surface area contributed by atoms with Gasteiger partial charge in [0, 0.05) is 18.7 Å². The molecule has 1 heterocycles. The van der Waals surface area contributed by atoms with Crippen LogP contribution in [-0.4, -0.2) is 24.3 Å². The van der Waals surface area contributed by atoms with Gasteiger partial charge in [0.25, 0.3) is 0 Å². The van der Waals surface area contributed by atoms with Crippen molar-refractivity contribution in [3.8, 4) is 0 Å². The van der Waals surface area contributed by atoms with E-state index in [1.54, 1.807) is 0 Å². The highest BCUT2D eigenvalue weighted by atomic mass is 16.5. The summed E-state index contributed by atoms with van der Waals surface area (Å²) >= 11 is 0. The second-order valence-corrected chi connectivity index (χ2v) is 6.70. The lowest BCUT2D eigenvalue weighted by atomic mass is 9.73. The van der Waals surface area contributed by atoms with Crippen molar-refractivity contribution in [3.05, 3.63) is 0 Å². The van der Waals surface area contributed by atoms with E-state index in [-0.39, 0.29) is 0 Å². The zero-order valence-corrected chi connectivity index (χ0v) is 11.2. The predicted molar refractivity (Wildman–Crippen MR) is 70.1 cm³/mol. The molecule has 98 valence electrons. The van der Waals surface area contributed by atoms with Gasteiger partial charge in [0.1, 0.15) is 0 Å². The first-order valence-electron chi connectivity index (χ1n) is 7.66. The Balaban J connectivity index is 1.48. The highest BCUT2D eigenvalue weighted by Gasteiger charge is 2.42. The molecule has 0 amide bonds. The minimum atomic E-state index is 0.303. The van der Waals surface area contributed by atoms with E-state index >= 15 is 0 Å². The summed E-state index contributed by atoms with van der Waals surface area (Å²) in [6, 6.07) is 1.54. The fraction of sp³-hybridized carbons (Fsp3) is 1.00. The molecule has 0 aromatic rings. The highest BCUT2D eigenvalue weighted by molar-refractivity contribution is 4.96. The molecule has 3 rings (SSSR count). The van der Waals surface area contributed by atoms with E-state index in [4.69, 9.17) is 4.74 Å². The normalized spacial score (nSPS) is 41.1. The summed E-state index contributed by atoms with van der Waals surface area (Å²) in [5.74, 6) is 0.959. The lowest BCUT2D eigenvalue weighted by Crippen LogP contribution is -2.53. The smallest absolute Gasteiger partial charge is 0.0697 e. The van der Waals surface area contributed by atoms with E-state index in [1.807, 2.05) is 0 Å². The summed E-state index contributed by atoms with van der Waals surface area (Å²) in [7, 11) is 0. The van der Waals surface area contributed by atoms with E-state index in [0.717, 1.165) is 24.6 Å². The standard InChI is InChI=1S/C15H27NO/c1-12-3-5-13(6-4-12)16-14-7-10-17-15(11-14)8-2-9-15/h12-14,16H,2-11H2,1H3. The summed E-state index contributed by atoms with van der Waals surface area (Å²) in [5, 5.41) is 3.92. The molecular weight excluding hydrogens is 210 g/mol. The number of hydrogen-bond donors (Lipinski definition) is 1. The second kappa shape index (κ2) is 4.89. The van der Waals surface area contributed by atoms with Crippen LogP contribution in [0.5, 0.6) is 0 Å². The van der Waals surface area contributed by atoms with Crippen LogP contribution in [0.25, 0.3) is 0 Å². The van der Waals surface area contributed by atoms with Crippen LogP contribution >= 0.6 is 0 Å². The third-order valence-electron chi connectivity index (χ3n) is 5.25. The molecule has 1 aliphatic heterocycles. The Morgan fingerprint density at radius 3 is 2.41 bits per heavy atom. The Morgan fingerprint density at radius 2 is 1.76 bits per heavy atom. The molecule has 1 spiro atoms. The van der Waals surface area contributed by atoms with Gasteiger partial charge in [-0.15, -0.1) is 0 Å². The number of nitrogens with one attached hydrogen (secondary N) is 1. The van der Waals surface area contributed by atoms with Gasteiger partial charge in [-0.1, -0.05) is 6.92 Å². The van der Waals surface area contributed by atoms with Crippen molar-refractivity contribution in [1.29, 1.82) is 0 Å². The average Bonchev–Trinajstić information content (AvgIpc) is 2.31. The van der Waals surface area contributed by atoms with Crippen LogP contribution < -0.4 is 5.32 Å². The van der Waals surface area contributed by atoms with Gasteiger partial charge in [-0.25, -0.2) is 0 Å². The summed E-state index contributed by atoms with van der Waals surface area (Å²) in [4.78, 5) is 0. The molecule has 2 saturated carbocycles. The summed E-state index contributed by atoms with van der Waals surface area (Å²) in [6.07, 6.45) is 12.1. The minimum Gasteiger partial charge on any atom is -0.375 e. The van der Waals surface area contributed by atoms with Crippen molar-refractivity contribution in [2.24, 2.45) is 5.92 Å². The van der Waals surface area contributed by atoms with Crippen LogP contribution in [-0.2, 0) is 4.74 Å². The zero-order chi connectivity index (χ0) is 11.7. The molecule has 17 heavy (non-hydrogen) atoms. The average molecular weight is 237 g/mol. The van der Waals surface area contributed by atoms with Crippen LogP contribution in [0.15, 0.2) is 0 Å². The predicted octanol–water partition coefficient (Wildman–Crippen LogP) is 3.26. The highest BCUT2D eigenvalue weighted by Crippen LogP contribution is 2.42. The molecule has 0 bridgehead atoms. The molecule has 1 saturated heterocycles. The molecule has 0 aromatic carbocycles. The molecule has 1 atom stereocenters. The Bertz CT molecular complexity index is 254. The van der Waals surface area contributed by atoms with Gasteiger partial charge < -0.3 is 10.1 Å². The van der Waals surface area contributed by atoms with Crippen molar-refractivity contribution in [2.45, 2.75) is 82.4 Å². The SMILES string of the molecule is CC1CCC(NC2CCOC3(CCC3)C2)CC1. The first kappa shape index (κ1) is 12.0. The Kier molecular flexibility index (Phi) is 3.45. The molecule has 3 aliphatic rings. The molecule has 3 fully saturated rings. The fourth-order valence-corrected chi connectivity index (χ4v) is 3.85. The zero-order valence-electron chi connectivity index (χ0n) is 11.2. The second-order valence-electron chi connectivity index (χ2n) is 6.70. The van der Waals surface area contributed by atoms with Gasteiger partial charge in [0.15, 0.2) is 0 Å². The van der Waals surface area contributed by atoms with Crippen molar-refractivity contribution >= 4 is 0 Å². The largest absolute Gasteiger partial charge is 0.375 e. The maximum Gasteiger partial charge on any atom is 0.0697 e. The number of rotatable bonds is 2. The van der Waals surface area contributed by atoms with Crippen molar-refractivity contribution in [1.82, 2.24) is 5.32 Å². The Labute approximate surface area is 105 Å². The topological polar surface area (TPSA) is 21.3 Å². The molecule has 0 radical (unpaired) electrons. The molecule has 2 aliphatic carbocycles. The van der Waals surface area contributed by atoms with Crippen LogP contribution in [0.1, 0.15) is 64.7 Å². The van der Waals surface area contributed by atoms with Gasteiger partial charge in [-0.2, -0.15) is 0 Å². The summed E-state index contributed by atoms with van der Waals surface area (Å²) in [6.45, 7) is 3.38. The summed E-state index contributed by atoms with van der Waals surface area (Å²) < 4.78 is 6.00. The molecule has 1 N–H and O–H groups in total. The molecule has 1 unspecified atom stereocenters. The fourth-order valence-electron chi connectivity index (χ4n) is 3.85. The summed E-state index contributed by atoms with van der Waals surface area (Å²) in [5.41, 5.74) is 0.303. The number of ether oxygens (including phenoxy) is 1. The lowest BCUT2D eigenvalue weighted by Gasteiger charge is -2.48. The first-order valence-corrected chi connectivity index (χ1v) is 7.66. The van der Waals surface area contributed by atoms with Crippen LogP contribution in [0.4, 0.5) is 0 Å². The van der Waals surface area contributed by atoms with E-state index in [9.17, 15) is 0 Å². The molecule has 2 heteroatoms. The van der Waals surface area contributed by atoms with Gasteiger partial charge in [-0.05, 0) is 63.7 Å². The van der Waals surface area contributed by atoms with Gasteiger partial charge in [0.2, 0.25) is 0 Å². The lowest BCUT2D eigenvalue weighted by molar-refractivity contribution is -0.136. The van der Waals surface area contributed by atoms with E-state index in [0.29, 0.717) is 5.60 Å². The first-order chi connectivity index (χ1) is 8.26.